The Morgan fingerprint density at radius 3 is 2.16 bits per heavy atom. The first-order valence-electron chi connectivity index (χ1n) is 10.7. The van der Waals surface area contributed by atoms with E-state index in [0.717, 1.165) is 13.1 Å². The first kappa shape index (κ1) is 20.6. The molecule has 0 atom stereocenters. The molecule has 1 amide bonds. The second kappa shape index (κ2) is 9.06. The number of thiophene rings is 1. The van der Waals surface area contributed by atoms with Crippen LogP contribution in [0.3, 0.4) is 0 Å². The van der Waals surface area contributed by atoms with Crippen molar-refractivity contribution in [3.8, 4) is 0 Å². The molecule has 5 rings (SSSR count). The summed E-state index contributed by atoms with van der Waals surface area (Å²) in [7, 11) is 0. The average Bonchev–Trinajstić information content (AvgIpc) is 3.33. The molecule has 0 aliphatic carbocycles. The van der Waals surface area contributed by atoms with Gasteiger partial charge >= 0.3 is 0 Å². The number of hydrogen-bond acceptors (Lipinski definition) is 5. The third-order valence-electron chi connectivity index (χ3n) is 6.02. The molecule has 0 bridgehead atoms. The first-order valence-corrected chi connectivity index (χ1v) is 11.6. The fourth-order valence-electron chi connectivity index (χ4n) is 4.37. The van der Waals surface area contributed by atoms with Gasteiger partial charge in [-0.2, -0.15) is 0 Å². The van der Waals surface area contributed by atoms with Crippen LogP contribution in [0, 0.1) is 0 Å². The van der Waals surface area contributed by atoms with Crippen LogP contribution in [0.1, 0.15) is 17.2 Å². The van der Waals surface area contributed by atoms with E-state index >= 15 is 0 Å². The number of nitrogens with zero attached hydrogens (tertiary/aromatic N) is 4. The zero-order valence-electron chi connectivity index (χ0n) is 17.6. The molecule has 0 spiro atoms. The van der Waals surface area contributed by atoms with E-state index < -0.39 is 0 Å². The number of amides is 1. The van der Waals surface area contributed by atoms with Gasteiger partial charge in [0.1, 0.15) is 11.4 Å². The van der Waals surface area contributed by atoms with Crippen molar-refractivity contribution in [1.82, 2.24) is 19.4 Å². The van der Waals surface area contributed by atoms with E-state index in [1.807, 2.05) is 22.4 Å². The molecular weight excluding hydrogens is 420 g/mol. The maximum Gasteiger partial charge on any atom is 0.262 e. The van der Waals surface area contributed by atoms with Gasteiger partial charge in [-0.1, -0.05) is 60.7 Å². The van der Waals surface area contributed by atoms with Crippen molar-refractivity contribution >= 4 is 27.5 Å². The van der Waals surface area contributed by atoms with E-state index in [2.05, 4.69) is 58.4 Å². The van der Waals surface area contributed by atoms with Gasteiger partial charge in [-0.3, -0.25) is 19.1 Å². The Labute approximate surface area is 190 Å². The van der Waals surface area contributed by atoms with Crippen molar-refractivity contribution in [3.05, 3.63) is 99.9 Å². The molecule has 2 aromatic heterocycles. The Bertz CT molecular complexity index is 1220. The second-order valence-corrected chi connectivity index (χ2v) is 8.85. The summed E-state index contributed by atoms with van der Waals surface area (Å²) in [5.41, 5.74) is 2.34. The summed E-state index contributed by atoms with van der Waals surface area (Å²) in [6.07, 6.45) is 1.48. The first-order chi connectivity index (χ1) is 15.7. The number of piperazine rings is 1. The van der Waals surface area contributed by atoms with Gasteiger partial charge in [-0.05, 0) is 22.6 Å². The van der Waals surface area contributed by atoms with Crippen molar-refractivity contribution < 1.29 is 4.79 Å². The second-order valence-electron chi connectivity index (χ2n) is 7.96. The summed E-state index contributed by atoms with van der Waals surface area (Å²) in [6, 6.07) is 22.9. The summed E-state index contributed by atoms with van der Waals surface area (Å²) in [6.45, 7) is 2.85. The van der Waals surface area contributed by atoms with Crippen LogP contribution < -0.4 is 5.56 Å². The monoisotopic (exact) mass is 444 g/mol. The van der Waals surface area contributed by atoms with Crippen molar-refractivity contribution in [3.63, 3.8) is 0 Å². The fourth-order valence-corrected chi connectivity index (χ4v) is 5.09. The van der Waals surface area contributed by atoms with Gasteiger partial charge in [0.25, 0.3) is 5.56 Å². The lowest BCUT2D eigenvalue weighted by Crippen LogP contribution is -2.51. The minimum atomic E-state index is -0.156. The Morgan fingerprint density at radius 2 is 1.53 bits per heavy atom. The van der Waals surface area contributed by atoms with E-state index in [0.29, 0.717) is 23.3 Å². The molecule has 7 heteroatoms. The number of carbonyl (C=O) groups is 1. The van der Waals surface area contributed by atoms with Crippen LogP contribution in [-0.2, 0) is 11.3 Å². The maximum atomic E-state index is 12.9. The molecule has 2 aromatic carbocycles. The van der Waals surface area contributed by atoms with Gasteiger partial charge in [0.2, 0.25) is 5.91 Å². The van der Waals surface area contributed by atoms with Crippen LogP contribution in [0.25, 0.3) is 10.2 Å². The summed E-state index contributed by atoms with van der Waals surface area (Å²) in [5, 5.41) is 2.42. The SMILES string of the molecule is O=C(Cn1cnc2sccc2c1=O)N1CCN(C(c2ccccc2)c2ccccc2)CC1. The normalized spacial score (nSPS) is 14.8. The number of rotatable bonds is 5. The van der Waals surface area contributed by atoms with Crippen LogP contribution in [0.15, 0.2) is 83.2 Å². The number of carbonyl (C=O) groups excluding carboxylic acids is 1. The van der Waals surface area contributed by atoms with Crippen LogP contribution in [0.2, 0.25) is 0 Å². The van der Waals surface area contributed by atoms with E-state index in [4.69, 9.17) is 0 Å². The Kier molecular flexibility index (Phi) is 5.83. The minimum Gasteiger partial charge on any atom is -0.339 e. The highest BCUT2D eigenvalue weighted by Gasteiger charge is 2.28. The van der Waals surface area contributed by atoms with E-state index in [1.165, 1.54) is 33.4 Å². The minimum absolute atomic E-state index is 0.0262. The molecule has 4 aromatic rings. The topological polar surface area (TPSA) is 58.4 Å². The molecule has 0 saturated carbocycles. The van der Waals surface area contributed by atoms with E-state index in [1.54, 1.807) is 6.07 Å². The third-order valence-corrected chi connectivity index (χ3v) is 6.84. The van der Waals surface area contributed by atoms with Gasteiger partial charge in [-0.25, -0.2) is 4.98 Å². The molecule has 162 valence electrons. The Hall–Kier alpha value is -3.29. The van der Waals surface area contributed by atoms with Crippen molar-refractivity contribution in [2.24, 2.45) is 0 Å². The van der Waals surface area contributed by atoms with Gasteiger partial charge in [0, 0.05) is 26.2 Å². The molecule has 1 aliphatic rings. The lowest BCUT2D eigenvalue weighted by atomic mass is 9.96. The summed E-state index contributed by atoms with van der Waals surface area (Å²) in [4.78, 5) is 34.8. The van der Waals surface area contributed by atoms with Crippen molar-refractivity contribution in [1.29, 1.82) is 0 Å². The van der Waals surface area contributed by atoms with Crippen molar-refractivity contribution in [2.45, 2.75) is 12.6 Å². The highest BCUT2D eigenvalue weighted by molar-refractivity contribution is 7.16. The summed E-state index contributed by atoms with van der Waals surface area (Å²) in [5.74, 6) is -0.0425. The maximum absolute atomic E-state index is 12.9. The number of benzene rings is 2. The summed E-state index contributed by atoms with van der Waals surface area (Å²) >= 11 is 1.43. The quantitative estimate of drug-likeness (QED) is 0.474. The van der Waals surface area contributed by atoms with E-state index in [9.17, 15) is 9.59 Å². The highest BCUT2D eigenvalue weighted by Crippen LogP contribution is 2.29. The molecule has 1 saturated heterocycles. The Balaban J connectivity index is 1.29. The van der Waals surface area contributed by atoms with Crippen LogP contribution in [0.4, 0.5) is 0 Å². The number of aromatic nitrogens is 2. The van der Waals surface area contributed by atoms with Crippen LogP contribution in [0.5, 0.6) is 0 Å². The zero-order chi connectivity index (χ0) is 21.9. The molecule has 0 unspecified atom stereocenters. The average molecular weight is 445 g/mol. The van der Waals surface area contributed by atoms with Crippen molar-refractivity contribution in [2.75, 3.05) is 26.2 Å². The lowest BCUT2D eigenvalue weighted by molar-refractivity contribution is -0.133. The number of fused-ring (bicyclic) bond motifs is 1. The zero-order valence-corrected chi connectivity index (χ0v) is 18.4. The van der Waals surface area contributed by atoms with Gasteiger partial charge < -0.3 is 4.90 Å². The third kappa shape index (κ3) is 4.09. The smallest absolute Gasteiger partial charge is 0.262 e. The van der Waals surface area contributed by atoms with Crippen LogP contribution in [-0.4, -0.2) is 51.4 Å². The predicted molar refractivity (Wildman–Crippen MR) is 127 cm³/mol. The Morgan fingerprint density at radius 1 is 0.906 bits per heavy atom. The molecule has 6 nitrogen and oxygen atoms in total. The molecule has 0 radical (unpaired) electrons. The fraction of sp³-hybridized carbons (Fsp3) is 0.240. The molecule has 1 fully saturated rings. The highest BCUT2D eigenvalue weighted by atomic mass is 32.1. The summed E-state index contributed by atoms with van der Waals surface area (Å²) < 4.78 is 1.42. The molecule has 3 heterocycles. The molecule has 1 aliphatic heterocycles. The van der Waals surface area contributed by atoms with E-state index in [-0.39, 0.29) is 24.1 Å². The van der Waals surface area contributed by atoms with Gasteiger partial charge in [-0.15, -0.1) is 11.3 Å². The van der Waals surface area contributed by atoms with Crippen LogP contribution >= 0.6 is 11.3 Å². The molecular formula is C25H24N4O2S. The molecule has 32 heavy (non-hydrogen) atoms. The number of hydrogen-bond donors (Lipinski definition) is 0. The van der Waals surface area contributed by atoms with Gasteiger partial charge in [0.15, 0.2) is 0 Å². The predicted octanol–water partition coefficient (Wildman–Crippen LogP) is 3.39. The molecule has 0 N–H and O–H groups in total. The lowest BCUT2D eigenvalue weighted by Gasteiger charge is -2.39. The van der Waals surface area contributed by atoms with Gasteiger partial charge in [0.05, 0.1) is 17.8 Å². The largest absolute Gasteiger partial charge is 0.339 e. The standard InChI is InChI=1S/C25H24N4O2S/c30-22(17-29-18-26-24-21(25(29)31)11-16-32-24)27-12-14-28(15-13-27)23(19-7-3-1-4-8-19)20-9-5-2-6-10-20/h1-11,16,18,23H,12-15,17H2.